The molecule has 0 aromatic rings. The Kier molecular flexibility index (Phi) is 1.97. The van der Waals surface area contributed by atoms with Crippen LogP contribution in [0.1, 0.15) is 0 Å². The van der Waals surface area contributed by atoms with Gasteiger partial charge in [0.2, 0.25) is 0 Å². The number of hydrogen-bond donors (Lipinski definition) is 2. The van der Waals surface area contributed by atoms with Gasteiger partial charge in [0.1, 0.15) is 0 Å². The average Bonchev–Trinajstić information content (AvgIpc) is 2.56. The minimum atomic E-state index is -4.74. The molecular weight excluding hydrogens is 193 g/mol. The Balaban J connectivity index is 2.79. The van der Waals surface area contributed by atoms with E-state index in [0.717, 1.165) is 0 Å². The Morgan fingerprint density at radius 1 is 1.00 bits per heavy atom. The average molecular weight is 198 g/mol. The van der Waals surface area contributed by atoms with E-state index in [1.54, 1.807) is 0 Å². The highest BCUT2D eigenvalue weighted by molar-refractivity contribution is 5.86. The summed E-state index contributed by atoms with van der Waals surface area (Å²) in [6.45, 7) is 0. The summed E-state index contributed by atoms with van der Waals surface area (Å²) < 4.78 is 35.8. The fraction of sp³-hybridized carbons (Fsp3) is 0.667. The second-order valence-corrected chi connectivity index (χ2v) is 2.80. The number of rotatable bonds is 2. The van der Waals surface area contributed by atoms with Crippen molar-refractivity contribution in [2.24, 2.45) is 17.8 Å². The molecule has 0 aromatic heterocycles. The van der Waals surface area contributed by atoms with Crippen molar-refractivity contribution in [2.75, 3.05) is 0 Å². The third-order valence-electron chi connectivity index (χ3n) is 1.97. The van der Waals surface area contributed by atoms with E-state index < -0.39 is 35.9 Å². The van der Waals surface area contributed by atoms with Gasteiger partial charge in [0.25, 0.3) is 0 Å². The maximum Gasteiger partial charge on any atom is 0.393 e. The molecule has 1 aliphatic carbocycles. The summed E-state index contributed by atoms with van der Waals surface area (Å²) in [6, 6.07) is 0. The normalized spacial score (nSPS) is 32.7. The molecule has 1 fully saturated rings. The first kappa shape index (κ1) is 9.82. The van der Waals surface area contributed by atoms with Gasteiger partial charge in [0.05, 0.1) is 17.8 Å². The van der Waals surface area contributed by atoms with Gasteiger partial charge in [-0.2, -0.15) is 13.2 Å². The summed E-state index contributed by atoms with van der Waals surface area (Å²) in [6.07, 6.45) is -4.74. The van der Waals surface area contributed by atoms with Crippen LogP contribution in [0, 0.1) is 17.8 Å². The van der Waals surface area contributed by atoms with Gasteiger partial charge in [0.15, 0.2) is 0 Å². The van der Waals surface area contributed by atoms with Crippen LogP contribution in [0.2, 0.25) is 0 Å². The van der Waals surface area contributed by atoms with Gasteiger partial charge in [-0.1, -0.05) is 0 Å². The molecule has 0 saturated heterocycles. The Hall–Kier alpha value is -1.27. The molecule has 13 heavy (non-hydrogen) atoms. The highest BCUT2D eigenvalue weighted by atomic mass is 19.4. The molecule has 1 saturated carbocycles. The van der Waals surface area contributed by atoms with Crippen LogP contribution in [0.15, 0.2) is 0 Å². The maximum absolute atomic E-state index is 11.9. The zero-order valence-corrected chi connectivity index (χ0v) is 6.08. The van der Waals surface area contributed by atoms with Gasteiger partial charge in [0, 0.05) is 0 Å². The van der Waals surface area contributed by atoms with E-state index in [1.165, 1.54) is 0 Å². The van der Waals surface area contributed by atoms with E-state index in [0.29, 0.717) is 0 Å². The SMILES string of the molecule is O=C(O)[C@H]1C(C(F)(F)F)[C@@H]1C(=O)O. The Morgan fingerprint density at radius 2 is 1.31 bits per heavy atom. The van der Waals surface area contributed by atoms with Gasteiger partial charge in [-0.25, -0.2) is 0 Å². The third-order valence-corrected chi connectivity index (χ3v) is 1.97. The molecule has 0 radical (unpaired) electrons. The van der Waals surface area contributed by atoms with Crippen LogP contribution < -0.4 is 0 Å². The number of aliphatic carboxylic acids is 2. The lowest BCUT2D eigenvalue weighted by atomic mass is 10.3. The van der Waals surface area contributed by atoms with E-state index >= 15 is 0 Å². The highest BCUT2D eigenvalue weighted by Crippen LogP contribution is 2.55. The highest BCUT2D eigenvalue weighted by Gasteiger charge is 2.71. The largest absolute Gasteiger partial charge is 0.481 e. The quantitative estimate of drug-likeness (QED) is 0.680. The molecule has 0 unspecified atom stereocenters. The maximum atomic E-state index is 11.9. The summed E-state index contributed by atoms with van der Waals surface area (Å²) >= 11 is 0. The molecule has 1 rings (SSSR count). The Labute approximate surface area is 70.0 Å². The molecule has 0 heterocycles. The molecule has 0 bridgehead atoms. The van der Waals surface area contributed by atoms with Gasteiger partial charge in [-0.05, 0) is 0 Å². The molecule has 7 heteroatoms. The lowest BCUT2D eigenvalue weighted by molar-refractivity contribution is -0.164. The molecule has 0 amide bonds. The van der Waals surface area contributed by atoms with Crippen molar-refractivity contribution in [3.05, 3.63) is 0 Å². The fourth-order valence-electron chi connectivity index (χ4n) is 1.33. The Morgan fingerprint density at radius 3 is 1.38 bits per heavy atom. The monoisotopic (exact) mass is 198 g/mol. The number of carboxylic acids is 2. The van der Waals surface area contributed by atoms with Crippen LogP contribution in [-0.2, 0) is 9.59 Å². The zero-order chi connectivity index (χ0) is 10.4. The smallest absolute Gasteiger partial charge is 0.393 e. The molecule has 4 nitrogen and oxygen atoms in total. The van der Waals surface area contributed by atoms with Crippen LogP contribution in [0.4, 0.5) is 13.2 Å². The molecular formula is C6H5F3O4. The first-order valence-electron chi connectivity index (χ1n) is 3.29. The molecule has 74 valence electrons. The van der Waals surface area contributed by atoms with Gasteiger partial charge >= 0.3 is 18.1 Å². The number of halogens is 3. The molecule has 2 N–H and O–H groups in total. The van der Waals surface area contributed by atoms with Crippen molar-refractivity contribution < 1.29 is 33.0 Å². The first-order chi connectivity index (χ1) is 5.76. The van der Waals surface area contributed by atoms with Crippen molar-refractivity contribution in [1.82, 2.24) is 0 Å². The van der Waals surface area contributed by atoms with Crippen LogP contribution in [0.25, 0.3) is 0 Å². The van der Waals surface area contributed by atoms with Crippen LogP contribution in [-0.4, -0.2) is 28.3 Å². The topological polar surface area (TPSA) is 74.6 Å². The summed E-state index contributed by atoms with van der Waals surface area (Å²) in [4.78, 5) is 20.3. The summed E-state index contributed by atoms with van der Waals surface area (Å²) in [5.41, 5.74) is 0. The number of carbonyl (C=O) groups is 2. The lowest BCUT2D eigenvalue weighted by Gasteiger charge is -2.02. The molecule has 0 spiro atoms. The van der Waals surface area contributed by atoms with Crippen molar-refractivity contribution in [3.8, 4) is 0 Å². The second kappa shape index (κ2) is 2.61. The van der Waals surface area contributed by atoms with E-state index in [1.807, 2.05) is 0 Å². The van der Waals surface area contributed by atoms with Crippen LogP contribution in [0.5, 0.6) is 0 Å². The van der Waals surface area contributed by atoms with Crippen molar-refractivity contribution >= 4 is 11.9 Å². The van der Waals surface area contributed by atoms with Crippen LogP contribution >= 0.6 is 0 Å². The first-order valence-corrected chi connectivity index (χ1v) is 3.29. The molecule has 1 aliphatic rings. The van der Waals surface area contributed by atoms with Gasteiger partial charge in [-0.3, -0.25) is 9.59 Å². The number of hydrogen-bond acceptors (Lipinski definition) is 2. The Bertz CT molecular complexity index is 239. The summed E-state index contributed by atoms with van der Waals surface area (Å²) in [7, 11) is 0. The molecule has 0 aliphatic heterocycles. The summed E-state index contributed by atoms with van der Waals surface area (Å²) in [5, 5.41) is 16.5. The summed E-state index contributed by atoms with van der Waals surface area (Å²) in [5.74, 6) is -9.30. The fourth-order valence-corrected chi connectivity index (χ4v) is 1.33. The van der Waals surface area contributed by atoms with E-state index in [9.17, 15) is 22.8 Å². The van der Waals surface area contributed by atoms with Crippen molar-refractivity contribution in [1.29, 1.82) is 0 Å². The predicted molar refractivity (Wildman–Crippen MR) is 31.8 cm³/mol. The van der Waals surface area contributed by atoms with Crippen LogP contribution in [0.3, 0.4) is 0 Å². The minimum Gasteiger partial charge on any atom is -0.481 e. The predicted octanol–water partition coefficient (Wildman–Crippen LogP) is 0.580. The third kappa shape index (κ3) is 1.58. The zero-order valence-electron chi connectivity index (χ0n) is 6.08. The lowest BCUT2D eigenvalue weighted by Crippen LogP contribution is -2.16. The van der Waals surface area contributed by atoms with Gasteiger partial charge < -0.3 is 10.2 Å². The second-order valence-electron chi connectivity index (χ2n) is 2.80. The standard InChI is InChI=1S/C6H5F3O4/c7-6(8,9)3-1(4(10)11)2(3)5(12)13/h1-3H,(H,10,11)(H,12,13)/t1-,2-/m1/s1. The number of carboxylic acid groups (broad SMARTS) is 2. The molecule has 2 atom stereocenters. The van der Waals surface area contributed by atoms with E-state index in [4.69, 9.17) is 10.2 Å². The molecule has 0 aromatic carbocycles. The minimum absolute atomic E-state index is 1.71. The number of alkyl halides is 3. The van der Waals surface area contributed by atoms with E-state index in [-0.39, 0.29) is 0 Å². The van der Waals surface area contributed by atoms with Gasteiger partial charge in [-0.15, -0.1) is 0 Å². The van der Waals surface area contributed by atoms with Crippen molar-refractivity contribution in [3.63, 3.8) is 0 Å². The van der Waals surface area contributed by atoms with E-state index in [2.05, 4.69) is 0 Å². The van der Waals surface area contributed by atoms with Crippen molar-refractivity contribution in [2.45, 2.75) is 6.18 Å².